The molecule has 0 saturated carbocycles. The van der Waals surface area contributed by atoms with E-state index in [1.54, 1.807) is 18.9 Å². The highest BCUT2D eigenvalue weighted by Crippen LogP contribution is 2.34. The molecular weight excluding hydrogens is 230 g/mol. The van der Waals surface area contributed by atoms with E-state index in [-0.39, 0.29) is 0 Å². The normalized spacial score (nSPS) is 10.5. The predicted octanol–water partition coefficient (Wildman–Crippen LogP) is 2.29. The third-order valence-corrected chi connectivity index (χ3v) is 3.71. The number of rotatable bonds is 7. The molecule has 0 spiro atoms. The Kier molecular flexibility index (Phi) is 5.82. The largest absolute Gasteiger partial charge is 0.385 e. The van der Waals surface area contributed by atoms with Gasteiger partial charge in [0.25, 0.3) is 0 Å². The van der Waals surface area contributed by atoms with Gasteiger partial charge in [-0.15, -0.1) is 11.8 Å². The number of unbranched alkanes of at least 4 members (excludes halogenated alkanes) is 1. The molecule has 4 nitrogen and oxygen atoms in total. The SMILES string of the molecule is COCCCCNc1snc(N)c1SC. The molecule has 1 heterocycles. The Labute approximate surface area is 98.7 Å². The van der Waals surface area contributed by atoms with Crippen LogP contribution in [0.5, 0.6) is 0 Å². The van der Waals surface area contributed by atoms with Crippen molar-refractivity contribution in [2.24, 2.45) is 0 Å². The van der Waals surface area contributed by atoms with Gasteiger partial charge in [-0.2, -0.15) is 4.37 Å². The zero-order chi connectivity index (χ0) is 11.1. The van der Waals surface area contributed by atoms with Crippen LogP contribution in [-0.4, -0.2) is 30.9 Å². The first-order valence-corrected chi connectivity index (χ1v) is 6.81. The molecule has 3 N–H and O–H groups in total. The molecule has 0 fully saturated rings. The van der Waals surface area contributed by atoms with Crippen LogP contribution in [0.2, 0.25) is 0 Å². The van der Waals surface area contributed by atoms with Crippen LogP contribution in [0.3, 0.4) is 0 Å². The monoisotopic (exact) mass is 247 g/mol. The molecule has 86 valence electrons. The van der Waals surface area contributed by atoms with Crippen molar-refractivity contribution in [2.45, 2.75) is 17.7 Å². The molecule has 0 aliphatic heterocycles. The van der Waals surface area contributed by atoms with Crippen molar-refractivity contribution in [2.75, 3.05) is 37.6 Å². The van der Waals surface area contributed by atoms with E-state index in [2.05, 4.69) is 9.69 Å². The Balaban J connectivity index is 2.30. The van der Waals surface area contributed by atoms with Gasteiger partial charge >= 0.3 is 0 Å². The van der Waals surface area contributed by atoms with Gasteiger partial charge in [0.2, 0.25) is 0 Å². The minimum absolute atomic E-state index is 0.631. The Morgan fingerprint density at radius 2 is 2.33 bits per heavy atom. The van der Waals surface area contributed by atoms with Crippen molar-refractivity contribution in [1.29, 1.82) is 0 Å². The number of hydrogen-bond acceptors (Lipinski definition) is 6. The third-order valence-electron chi connectivity index (χ3n) is 1.94. The molecule has 0 atom stereocenters. The predicted molar refractivity (Wildman–Crippen MR) is 67.9 cm³/mol. The standard InChI is InChI=1S/C9H17N3OS2/c1-13-6-4-3-5-11-9-7(14-2)8(10)12-15-9/h11H,3-6H2,1-2H3,(H2,10,12). The summed E-state index contributed by atoms with van der Waals surface area (Å²) >= 11 is 3.06. The molecule has 6 heteroatoms. The fourth-order valence-electron chi connectivity index (χ4n) is 1.18. The summed E-state index contributed by atoms with van der Waals surface area (Å²) in [6.07, 6.45) is 4.18. The number of aromatic nitrogens is 1. The summed E-state index contributed by atoms with van der Waals surface area (Å²) in [5, 5.41) is 4.42. The zero-order valence-electron chi connectivity index (χ0n) is 9.08. The van der Waals surface area contributed by atoms with E-state index in [1.807, 2.05) is 6.26 Å². The van der Waals surface area contributed by atoms with Crippen molar-refractivity contribution in [3.8, 4) is 0 Å². The smallest absolute Gasteiger partial charge is 0.153 e. The van der Waals surface area contributed by atoms with Crippen LogP contribution in [0.15, 0.2) is 4.90 Å². The zero-order valence-corrected chi connectivity index (χ0v) is 10.7. The van der Waals surface area contributed by atoms with E-state index in [9.17, 15) is 0 Å². The van der Waals surface area contributed by atoms with E-state index in [0.717, 1.165) is 35.9 Å². The highest BCUT2D eigenvalue weighted by atomic mass is 32.2. The maximum absolute atomic E-state index is 5.72. The van der Waals surface area contributed by atoms with Gasteiger partial charge in [-0.3, -0.25) is 0 Å². The number of anilines is 2. The van der Waals surface area contributed by atoms with Gasteiger partial charge in [0.15, 0.2) is 5.82 Å². The number of nitrogens with one attached hydrogen (secondary N) is 1. The number of ether oxygens (including phenoxy) is 1. The lowest BCUT2D eigenvalue weighted by Crippen LogP contribution is -2.02. The van der Waals surface area contributed by atoms with Crippen LogP contribution in [0.25, 0.3) is 0 Å². The lowest BCUT2D eigenvalue weighted by molar-refractivity contribution is 0.194. The summed E-state index contributed by atoms with van der Waals surface area (Å²) in [4.78, 5) is 1.06. The van der Waals surface area contributed by atoms with Crippen LogP contribution in [0.4, 0.5) is 10.8 Å². The number of nitrogens with two attached hydrogens (primary N) is 1. The van der Waals surface area contributed by atoms with Gasteiger partial charge in [-0.25, -0.2) is 0 Å². The number of hydrogen-bond donors (Lipinski definition) is 2. The van der Waals surface area contributed by atoms with E-state index in [1.165, 1.54) is 11.5 Å². The molecule has 1 rings (SSSR count). The first kappa shape index (κ1) is 12.6. The van der Waals surface area contributed by atoms with E-state index in [0.29, 0.717) is 5.82 Å². The molecule has 0 amide bonds. The molecule has 0 aliphatic carbocycles. The Hall–Kier alpha value is -0.460. The van der Waals surface area contributed by atoms with Crippen molar-refractivity contribution in [3.05, 3.63) is 0 Å². The highest BCUT2D eigenvalue weighted by molar-refractivity contribution is 7.99. The molecular formula is C9H17N3OS2. The topological polar surface area (TPSA) is 60.2 Å². The molecule has 0 radical (unpaired) electrons. The molecule has 1 aromatic rings. The highest BCUT2D eigenvalue weighted by Gasteiger charge is 2.08. The number of methoxy groups -OCH3 is 1. The fourth-order valence-corrected chi connectivity index (χ4v) is 2.74. The average Bonchev–Trinajstić information content (AvgIpc) is 2.59. The summed E-state index contributed by atoms with van der Waals surface area (Å²) in [6.45, 7) is 1.76. The Bertz CT molecular complexity index is 291. The quantitative estimate of drug-likeness (QED) is 0.572. The molecule has 1 aromatic heterocycles. The van der Waals surface area contributed by atoms with Gasteiger partial charge in [0.1, 0.15) is 5.00 Å². The van der Waals surface area contributed by atoms with Crippen LogP contribution < -0.4 is 11.1 Å². The van der Waals surface area contributed by atoms with Gasteiger partial charge in [-0.1, -0.05) is 0 Å². The van der Waals surface area contributed by atoms with Crippen molar-refractivity contribution >= 4 is 34.1 Å². The Morgan fingerprint density at radius 3 is 3.00 bits per heavy atom. The third kappa shape index (κ3) is 3.89. The minimum Gasteiger partial charge on any atom is -0.385 e. The molecule has 0 aromatic carbocycles. The molecule has 0 bridgehead atoms. The molecule has 0 saturated heterocycles. The summed E-state index contributed by atoms with van der Waals surface area (Å²) in [7, 11) is 1.73. The molecule has 0 aliphatic rings. The van der Waals surface area contributed by atoms with Crippen molar-refractivity contribution in [3.63, 3.8) is 0 Å². The van der Waals surface area contributed by atoms with E-state index >= 15 is 0 Å². The van der Waals surface area contributed by atoms with Crippen molar-refractivity contribution in [1.82, 2.24) is 4.37 Å². The summed E-state index contributed by atoms with van der Waals surface area (Å²) < 4.78 is 9.10. The average molecular weight is 247 g/mol. The van der Waals surface area contributed by atoms with Crippen LogP contribution >= 0.6 is 23.3 Å². The fraction of sp³-hybridized carbons (Fsp3) is 0.667. The lowest BCUT2D eigenvalue weighted by Gasteiger charge is -2.04. The first-order valence-electron chi connectivity index (χ1n) is 4.81. The second-order valence-corrected chi connectivity index (χ2v) is 4.65. The van der Waals surface area contributed by atoms with Gasteiger partial charge in [0, 0.05) is 20.3 Å². The summed E-state index contributed by atoms with van der Waals surface area (Å²) in [6, 6.07) is 0. The second-order valence-electron chi connectivity index (χ2n) is 3.06. The van der Waals surface area contributed by atoms with Crippen molar-refractivity contribution < 1.29 is 4.74 Å². The minimum atomic E-state index is 0.631. The summed E-state index contributed by atoms with van der Waals surface area (Å²) in [5.41, 5.74) is 5.72. The van der Waals surface area contributed by atoms with Crippen LogP contribution in [0.1, 0.15) is 12.8 Å². The van der Waals surface area contributed by atoms with Crippen LogP contribution in [-0.2, 0) is 4.74 Å². The first-order chi connectivity index (χ1) is 7.29. The second kappa shape index (κ2) is 6.92. The van der Waals surface area contributed by atoms with Crippen LogP contribution in [0, 0.1) is 0 Å². The number of thioether (sulfide) groups is 1. The maximum atomic E-state index is 5.72. The van der Waals surface area contributed by atoms with Gasteiger partial charge < -0.3 is 15.8 Å². The summed E-state index contributed by atoms with van der Waals surface area (Å²) in [5.74, 6) is 0.631. The maximum Gasteiger partial charge on any atom is 0.153 e. The molecule has 15 heavy (non-hydrogen) atoms. The number of nitrogen functional groups attached to an aromatic ring is 1. The number of nitrogens with zero attached hydrogens (tertiary/aromatic N) is 1. The van der Waals surface area contributed by atoms with Gasteiger partial charge in [0.05, 0.1) is 4.90 Å². The lowest BCUT2D eigenvalue weighted by atomic mass is 10.3. The Morgan fingerprint density at radius 1 is 1.53 bits per heavy atom. The molecule has 0 unspecified atom stereocenters. The van der Waals surface area contributed by atoms with Gasteiger partial charge in [-0.05, 0) is 30.6 Å². The van der Waals surface area contributed by atoms with E-state index < -0.39 is 0 Å². The van der Waals surface area contributed by atoms with E-state index in [4.69, 9.17) is 10.5 Å².